The van der Waals surface area contributed by atoms with Crippen molar-refractivity contribution in [3.8, 4) is 11.8 Å². The van der Waals surface area contributed by atoms with Crippen LogP contribution in [0.5, 0.6) is 5.75 Å². The van der Waals surface area contributed by atoms with Gasteiger partial charge in [0.15, 0.2) is 0 Å². The average Bonchev–Trinajstić information content (AvgIpc) is 2.87. The number of carboxylic acids is 1. The number of nitrogens with zero attached hydrogens (tertiary/aromatic N) is 1. The Hall–Kier alpha value is -3.08. The van der Waals surface area contributed by atoms with E-state index in [1.165, 1.54) is 51.4 Å². The van der Waals surface area contributed by atoms with Crippen LogP contribution in [0.15, 0.2) is 30.3 Å². The van der Waals surface area contributed by atoms with E-state index in [1.807, 2.05) is 0 Å². The summed E-state index contributed by atoms with van der Waals surface area (Å²) in [5, 5.41) is 20.6. The Morgan fingerprint density at radius 3 is 2.05 bits per heavy atom. The fraction of sp³-hybridized carbons (Fsp3) is 0.655. The van der Waals surface area contributed by atoms with E-state index in [9.17, 15) is 19.6 Å². The number of esters is 1. The number of benzene rings is 1. The Balaban J connectivity index is 2.46. The van der Waals surface area contributed by atoms with Crippen LogP contribution in [0.4, 0.5) is 4.79 Å². The van der Waals surface area contributed by atoms with Crippen LogP contribution in [-0.2, 0) is 14.3 Å². The molecule has 0 aromatic heterocycles. The van der Waals surface area contributed by atoms with Gasteiger partial charge in [-0.2, -0.15) is 5.26 Å². The van der Waals surface area contributed by atoms with Gasteiger partial charge in [-0.05, 0) is 37.8 Å². The quantitative estimate of drug-likeness (QED) is 0.134. The van der Waals surface area contributed by atoms with Gasteiger partial charge in [0, 0.05) is 6.42 Å². The molecule has 0 bridgehead atoms. The molecule has 0 saturated heterocycles. The topological polar surface area (TPSA) is 126 Å². The molecule has 0 aliphatic carbocycles. The van der Waals surface area contributed by atoms with Gasteiger partial charge in [0.05, 0.1) is 12.5 Å². The number of nitriles is 1. The molecule has 0 unspecified atom stereocenters. The summed E-state index contributed by atoms with van der Waals surface area (Å²) in [7, 11) is 0. The maximum Gasteiger partial charge on any atom is 0.413 e. The highest BCUT2D eigenvalue weighted by Crippen LogP contribution is 2.16. The van der Waals surface area contributed by atoms with Gasteiger partial charge in [0.25, 0.3) is 0 Å². The van der Waals surface area contributed by atoms with Crippen LogP contribution in [-0.4, -0.2) is 35.3 Å². The molecule has 1 amide bonds. The van der Waals surface area contributed by atoms with Crippen LogP contribution in [0.2, 0.25) is 0 Å². The summed E-state index contributed by atoms with van der Waals surface area (Å²) in [4.78, 5) is 36.1. The van der Waals surface area contributed by atoms with E-state index in [4.69, 9.17) is 14.6 Å². The number of nitrogens with one attached hydrogen (secondary N) is 1. The van der Waals surface area contributed by atoms with Gasteiger partial charge < -0.3 is 19.9 Å². The van der Waals surface area contributed by atoms with Crippen molar-refractivity contribution < 1.29 is 29.0 Å². The lowest BCUT2D eigenvalue weighted by molar-refractivity contribution is -0.152. The molecular weight excluding hydrogens is 472 g/mol. The molecule has 8 nitrogen and oxygen atoms in total. The minimum absolute atomic E-state index is 0.0693. The molecule has 2 N–H and O–H groups in total. The second kappa shape index (κ2) is 21.0. The number of amides is 1. The van der Waals surface area contributed by atoms with E-state index in [-0.39, 0.29) is 25.7 Å². The third kappa shape index (κ3) is 17.1. The van der Waals surface area contributed by atoms with Gasteiger partial charge in [-0.1, -0.05) is 89.3 Å². The summed E-state index contributed by atoms with van der Waals surface area (Å²) in [6.45, 7) is 2.23. The molecule has 0 aliphatic rings. The first kappa shape index (κ1) is 31.9. The van der Waals surface area contributed by atoms with Crippen LogP contribution in [0.25, 0.3) is 0 Å². The first-order valence-corrected chi connectivity index (χ1v) is 13.8. The van der Waals surface area contributed by atoms with E-state index >= 15 is 0 Å². The maximum absolute atomic E-state index is 12.8. The molecule has 1 aromatic carbocycles. The van der Waals surface area contributed by atoms with Crippen molar-refractivity contribution >= 4 is 18.0 Å². The molecule has 0 fully saturated rings. The third-order valence-electron chi connectivity index (χ3n) is 6.15. The van der Waals surface area contributed by atoms with E-state index in [0.717, 1.165) is 19.3 Å². The smallest absolute Gasteiger partial charge is 0.413 e. The van der Waals surface area contributed by atoms with E-state index in [0.29, 0.717) is 12.2 Å². The Morgan fingerprint density at radius 1 is 0.892 bits per heavy atom. The van der Waals surface area contributed by atoms with Crippen molar-refractivity contribution in [2.24, 2.45) is 0 Å². The van der Waals surface area contributed by atoms with Crippen LogP contribution >= 0.6 is 0 Å². The molecule has 37 heavy (non-hydrogen) atoms. The zero-order valence-corrected chi connectivity index (χ0v) is 22.3. The number of carbonyl (C=O) groups is 3. The Kier molecular flexibility index (Phi) is 18.2. The second-order valence-corrected chi connectivity index (χ2v) is 9.43. The summed E-state index contributed by atoms with van der Waals surface area (Å²) in [6, 6.07) is 9.42. The van der Waals surface area contributed by atoms with E-state index in [1.54, 1.807) is 30.3 Å². The number of aliphatic carboxylic acids is 1. The van der Waals surface area contributed by atoms with Gasteiger partial charge in [-0.15, -0.1) is 0 Å². The lowest BCUT2D eigenvalue weighted by atomic mass is 10.0. The zero-order chi connectivity index (χ0) is 27.1. The predicted molar refractivity (Wildman–Crippen MR) is 142 cm³/mol. The van der Waals surface area contributed by atoms with Crippen molar-refractivity contribution in [1.29, 1.82) is 5.26 Å². The van der Waals surface area contributed by atoms with Gasteiger partial charge in [-0.3, -0.25) is 4.79 Å². The van der Waals surface area contributed by atoms with Gasteiger partial charge in [-0.25, -0.2) is 9.59 Å². The normalized spacial score (nSPS) is 12.2. The van der Waals surface area contributed by atoms with Gasteiger partial charge in [0.1, 0.15) is 17.9 Å². The number of ether oxygens (including phenoxy) is 2. The lowest BCUT2D eigenvalue weighted by Crippen LogP contribution is -2.44. The molecule has 0 heterocycles. The minimum atomic E-state index is -1.06. The first-order valence-electron chi connectivity index (χ1n) is 13.8. The Bertz CT molecular complexity index is 808. The molecule has 8 heteroatoms. The second-order valence-electron chi connectivity index (χ2n) is 9.43. The highest BCUT2D eigenvalue weighted by atomic mass is 16.6. The average molecular weight is 517 g/mol. The zero-order valence-electron chi connectivity index (χ0n) is 22.3. The molecule has 1 aromatic rings. The summed E-state index contributed by atoms with van der Waals surface area (Å²) >= 11 is 0. The van der Waals surface area contributed by atoms with Crippen molar-refractivity contribution in [2.45, 2.75) is 122 Å². The predicted octanol–water partition coefficient (Wildman–Crippen LogP) is 6.93. The van der Waals surface area contributed by atoms with Crippen molar-refractivity contribution in [2.75, 3.05) is 0 Å². The molecule has 2 atom stereocenters. The summed E-state index contributed by atoms with van der Waals surface area (Å²) in [6.07, 6.45) is 12.6. The molecular formula is C29H44N2O6. The third-order valence-corrected chi connectivity index (χ3v) is 6.15. The minimum Gasteiger partial charge on any atom is -0.481 e. The fourth-order valence-electron chi connectivity index (χ4n) is 4.06. The molecule has 206 valence electrons. The standard InChI is InChI=1S/C29H44N2O6/c1-2-3-4-5-6-7-8-9-10-11-13-19-25(22-23-30)36-28(34)26(20-16-21-27(32)33)31-29(35)37-24-17-14-12-15-18-24/h12,14-15,17-18,25-26H,2-11,13,16,19-22H2,1H3,(H,31,35)(H,32,33)/t25-,26-/m0/s1. The highest BCUT2D eigenvalue weighted by molar-refractivity contribution is 5.82. The monoisotopic (exact) mass is 516 g/mol. The van der Waals surface area contributed by atoms with Crippen molar-refractivity contribution in [3.63, 3.8) is 0 Å². The number of hydrogen-bond acceptors (Lipinski definition) is 6. The molecule has 0 saturated carbocycles. The van der Waals surface area contributed by atoms with Crippen LogP contribution in [0.3, 0.4) is 0 Å². The summed E-state index contributed by atoms with van der Waals surface area (Å²) in [5.41, 5.74) is 0. The lowest BCUT2D eigenvalue weighted by Gasteiger charge is -2.21. The highest BCUT2D eigenvalue weighted by Gasteiger charge is 2.26. The van der Waals surface area contributed by atoms with E-state index in [2.05, 4.69) is 18.3 Å². The Morgan fingerprint density at radius 2 is 1.49 bits per heavy atom. The SMILES string of the molecule is CCCCCCCCCCCCC[C@@H](CC#N)OC(=O)[C@H](CCCC(=O)O)NC(=O)Oc1ccccc1. The van der Waals surface area contributed by atoms with Crippen LogP contribution < -0.4 is 10.1 Å². The number of carbonyl (C=O) groups excluding carboxylic acids is 2. The van der Waals surface area contributed by atoms with Crippen LogP contribution in [0, 0.1) is 11.3 Å². The summed E-state index contributed by atoms with van der Waals surface area (Å²) in [5.74, 6) is -1.35. The number of rotatable bonds is 21. The molecule has 0 aliphatic heterocycles. The first-order chi connectivity index (χ1) is 18.0. The summed E-state index contributed by atoms with van der Waals surface area (Å²) < 4.78 is 10.8. The number of para-hydroxylation sites is 1. The maximum atomic E-state index is 12.8. The molecule has 0 spiro atoms. The van der Waals surface area contributed by atoms with Crippen LogP contribution in [0.1, 0.15) is 110 Å². The number of carboxylic acid groups (broad SMARTS) is 1. The number of unbranched alkanes of at least 4 members (excludes halogenated alkanes) is 10. The van der Waals surface area contributed by atoms with E-state index < -0.39 is 30.2 Å². The van der Waals surface area contributed by atoms with Gasteiger partial charge >= 0.3 is 18.0 Å². The number of hydrogen-bond donors (Lipinski definition) is 2. The Labute approximate surface area is 221 Å². The van der Waals surface area contributed by atoms with Crippen molar-refractivity contribution in [3.05, 3.63) is 30.3 Å². The van der Waals surface area contributed by atoms with Gasteiger partial charge in [0.2, 0.25) is 0 Å². The fourth-order valence-corrected chi connectivity index (χ4v) is 4.06. The molecule has 0 radical (unpaired) electrons. The van der Waals surface area contributed by atoms with Crippen molar-refractivity contribution in [1.82, 2.24) is 5.32 Å². The molecule has 1 rings (SSSR count). The largest absolute Gasteiger partial charge is 0.481 e.